The maximum Gasteiger partial charge on any atom is 0.125 e. The van der Waals surface area contributed by atoms with Gasteiger partial charge in [-0.25, -0.2) is 0 Å². The molecule has 0 saturated heterocycles. The molecule has 1 N–H and O–H groups in total. The van der Waals surface area contributed by atoms with Gasteiger partial charge in [-0.05, 0) is 37.5 Å². The minimum Gasteiger partial charge on any atom is -0.496 e. The molecular weight excluding hydrogens is 212 g/mol. The van der Waals surface area contributed by atoms with Gasteiger partial charge in [-0.15, -0.1) is 0 Å². The van der Waals surface area contributed by atoms with E-state index in [-0.39, 0.29) is 0 Å². The number of unbranched alkanes of at least 4 members (excludes halogenated alkanes) is 2. The van der Waals surface area contributed by atoms with E-state index in [1.807, 2.05) is 19.9 Å². The molecule has 0 fully saturated rings. The molecule has 0 radical (unpaired) electrons. The number of aryl methyl sites for hydroxylation is 2. The largest absolute Gasteiger partial charge is 0.496 e. The first-order valence-corrected chi connectivity index (χ1v) is 6.43. The van der Waals surface area contributed by atoms with Crippen molar-refractivity contribution in [2.45, 2.75) is 52.6 Å². The van der Waals surface area contributed by atoms with E-state index in [2.05, 4.69) is 13.0 Å². The van der Waals surface area contributed by atoms with Crippen molar-refractivity contribution in [3.8, 4) is 5.75 Å². The van der Waals surface area contributed by atoms with Crippen LogP contribution in [0.15, 0.2) is 12.1 Å². The molecule has 96 valence electrons. The van der Waals surface area contributed by atoms with Gasteiger partial charge in [0.2, 0.25) is 0 Å². The van der Waals surface area contributed by atoms with Crippen LogP contribution >= 0.6 is 0 Å². The maximum atomic E-state index is 10.3. The van der Waals surface area contributed by atoms with E-state index in [1.165, 1.54) is 18.4 Å². The Balaban J connectivity index is 2.87. The molecule has 2 nitrogen and oxygen atoms in total. The van der Waals surface area contributed by atoms with Gasteiger partial charge in [-0.3, -0.25) is 0 Å². The third-order valence-corrected chi connectivity index (χ3v) is 3.13. The first-order chi connectivity index (χ1) is 8.10. The Morgan fingerprint density at radius 1 is 1.24 bits per heavy atom. The molecule has 1 rings (SSSR count). The topological polar surface area (TPSA) is 29.5 Å². The third-order valence-electron chi connectivity index (χ3n) is 3.13. The van der Waals surface area contributed by atoms with E-state index in [0.717, 1.165) is 29.7 Å². The van der Waals surface area contributed by atoms with Gasteiger partial charge in [0.1, 0.15) is 5.75 Å². The van der Waals surface area contributed by atoms with E-state index >= 15 is 0 Å². The average Bonchev–Trinajstić information content (AvgIpc) is 2.27. The molecule has 1 atom stereocenters. The monoisotopic (exact) mass is 236 g/mol. The molecule has 0 aliphatic heterocycles. The van der Waals surface area contributed by atoms with Crippen molar-refractivity contribution in [2.24, 2.45) is 0 Å². The number of ether oxygens (including phenoxy) is 1. The van der Waals surface area contributed by atoms with E-state index in [0.29, 0.717) is 0 Å². The van der Waals surface area contributed by atoms with E-state index < -0.39 is 6.10 Å². The molecule has 2 heteroatoms. The molecule has 0 heterocycles. The third kappa shape index (κ3) is 3.74. The first-order valence-electron chi connectivity index (χ1n) is 6.43. The summed E-state index contributed by atoms with van der Waals surface area (Å²) in [6, 6.07) is 4.09. The van der Waals surface area contributed by atoms with Gasteiger partial charge in [0.05, 0.1) is 13.2 Å². The van der Waals surface area contributed by atoms with Gasteiger partial charge in [-0.2, -0.15) is 0 Å². The summed E-state index contributed by atoms with van der Waals surface area (Å²) in [7, 11) is 1.66. The Kier molecular flexibility index (Phi) is 5.49. The average molecular weight is 236 g/mol. The van der Waals surface area contributed by atoms with Crippen LogP contribution in [0.25, 0.3) is 0 Å². The first kappa shape index (κ1) is 14.0. The zero-order valence-corrected chi connectivity index (χ0v) is 11.4. The predicted molar refractivity (Wildman–Crippen MR) is 71.6 cm³/mol. The number of hydrogen-bond donors (Lipinski definition) is 1. The van der Waals surface area contributed by atoms with Crippen LogP contribution in [0.3, 0.4) is 0 Å². The second kappa shape index (κ2) is 6.65. The fraction of sp³-hybridized carbons (Fsp3) is 0.600. The van der Waals surface area contributed by atoms with Crippen molar-refractivity contribution in [2.75, 3.05) is 7.11 Å². The van der Waals surface area contributed by atoms with Crippen molar-refractivity contribution >= 4 is 0 Å². The van der Waals surface area contributed by atoms with Gasteiger partial charge in [0.25, 0.3) is 0 Å². The molecule has 0 aromatic heterocycles. The number of methoxy groups -OCH3 is 1. The predicted octanol–water partition coefficient (Wildman–Crippen LogP) is 3.93. The van der Waals surface area contributed by atoms with Gasteiger partial charge < -0.3 is 9.84 Å². The highest BCUT2D eigenvalue weighted by molar-refractivity contribution is 5.44. The molecule has 1 aromatic carbocycles. The lowest BCUT2D eigenvalue weighted by Gasteiger charge is -2.18. The lowest BCUT2D eigenvalue weighted by atomic mass is 9.96. The SMILES string of the molecule is CCCCCC(O)c1c(C)cc(C)cc1OC. The normalized spacial score (nSPS) is 12.5. The summed E-state index contributed by atoms with van der Waals surface area (Å²) in [5, 5.41) is 10.3. The van der Waals surface area contributed by atoms with Crippen LogP contribution in [0.5, 0.6) is 5.75 Å². The molecule has 0 aliphatic rings. The van der Waals surface area contributed by atoms with Crippen molar-refractivity contribution < 1.29 is 9.84 Å². The fourth-order valence-electron chi connectivity index (χ4n) is 2.27. The number of aliphatic hydroxyl groups excluding tert-OH is 1. The van der Waals surface area contributed by atoms with E-state index in [4.69, 9.17) is 4.74 Å². The highest BCUT2D eigenvalue weighted by Crippen LogP contribution is 2.32. The molecule has 0 saturated carbocycles. The Bertz CT molecular complexity index is 358. The number of hydrogen-bond acceptors (Lipinski definition) is 2. The quantitative estimate of drug-likeness (QED) is 0.758. The van der Waals surface area contributed by atoms with Crippen LogP contribution in [0.2, 0.25) is 0 Å². The standard InChI is InChI=1S/C15H24O2/c1-5-6-7-8-13(16)15-12(3)9-11(2)10-14(15)17-4/h9-10,13,16H,5-8H2,1-4H3. The van der Waals surface area contributed by atoms with Crippen LogP contribution in [-0.4, -0.2) is 12.2 Å². The second-order valence-corrected chi connectivity index (χ2v) is 4.71. The van der Waals surface area contributed by atoms with Crippen molar-refractivity contribution in [1.82, 2.24) is 0 Å². The number of aliphatic hydroxyl groups is 1. The van der Waals surface area contributed by atoms with Crippen LogP contribution in [0.4, 0.5) is 0 Å². The summed E-state index contributed by atoms with van der Waals surface area (Å²) in [4.78, 5) is 0. The molecule has 0 amide bonds. The maximum absolute atomic E-state index is 10.3. The van der Waals surface area contributed by atoms with Gasteiger partial charge in [-0.1, -0.05) is 32.3 Å². The summed E-state index contributed by atoms with van der Waals surface area (Å²) < 4.78 is 5.37. The van der Waals surface area contributed by atoms with Crippen LogP contribution < -0.4 is 4.74 Å². The van der Waals surface area contributed by atoms with Gasteiger partial charge >= 0.3 is 0 Å². The minimum absolute atomic E-state index is 0.405. The van der Waals surface area contributed by atoms with Gasteiger partial charge in [0, 0.05) is 5.56 Å². The zero-order valence-electron chi connectivity index (χ0n) is 11.4. The van der Waals surface area contributed by atoms with Gasteiger partial charge in [0.15, 0.2) is 0 Å². The van der Waals surface area contributed by atoms with E-state index in [1.54, 1.807) is 7.11 Å². The summed E-state index contributed by atoms with van der Waals surface area (Å²) in [5.74, 6) is 0.812. The summed E-state index contributed by atoms with van der Waals surface area (Å²) in [6.07, 6.45) is 3.82. The molecule has 1 unspecified atom stereocenters. The summed E-state index contributed by atoms with van der Waals surface area (Å²) >= 11 is 0. The Morgan fingerprint density at radius 2 is 1.94 bits per heavy atom. The number of benzene rings is 1. The lowest BCUT2D eigenvalue weighted by Crippen LogP contribution is -2.04. The summed E-state index contributed by atoms with van der Waals surface area (Å²) in [5.41, 5.74) is 3.24. The Hall–Kier alpha value is -1.02. The highest BCUT2D eigenvalue weighted by Gasteiger charge is 2.16. The second-order valence-electron chi connectivity index (χ2n) is 4.71. The van der Waals surface area contributed by atoms with Crippen molar-refractivity contribution in [3.63, 3.8) is 0 Å². The molecule has 0 spiro atoms. The van der Waals surface area contributed by atoms with E-state index in [9.17, 15) is 5.11 Å². The minimum atomic E-state index is -0.405. The smallest absolute Gasteiger partial charge is 0.125 e. The highest BCUT2D eigenvalue weighted by atomic mass is 16.5. The summed E-state index contributed by atoms with van der Waals surface area (Å²) in [6.45, 7) is 6.25. The van der Waals surface area contributed by atoms with Crippen molar-refractivity contribution in [3.05, 3.63) is 28.8 Å². The molecular formula is C15H24O2. The molecule has 17 heavy (non-hydrogen) atoms. The fourth-order valence-corrected chi connectivity index (χ4v) is 2.27. The van der Waals surface area contributed by atoms with Crippen molar-refractivity contribution in [1.29, 1.82) is 0 Å². The number of rotatable bonds is 6. The van der Waals surface area contributed by atoms with Crippen LogP contribution in [0, 0.1) is 13.8 Å². The molecule has 0 bridgehead atoms. The van der Waals surface area contributed by atoms with Crippen LogP contribution in [0.1, 0.15) is 55.4 Å². The zero-order chi connectivity index (χ0) is 12.8. The lowest BCUT2D eigenvalue weighted by molar-refractivity contribution is 0.159. The molecule has 1 aromatic rings. The molecule has 0 aliphatic carbocycles. The van der Waals surface area contributed by atoms with Crippen LogP contribution in [-0.2, 0) is 0 Å². The Labute approximate surface area is 105 Å². The Morgan fingerprint density at radius 3 is 2.53 bits per heavy atom.